The van der Waals surface area contributed by atoms with E-state index < -0.39 is 0 Å². The molecule has 4 heterocycles. The van der Waals surface area contributed by atoms with E-state index in [0.29, 0.717) is 18.3 Å². The third-order valence-electron chi connectivity index (χ3n) is 3.01. The first-order valence-electron chi connectivity index (χ1n) is 6.03. The van der Waals surface area contributed by atoms with Gasteiger partial charge in [0.1, 0.15) is 6.10 Å². The SMILES string of the molecule is c1cc2sc(-c3nc(C4CNCCO4)no3)cc2s1. The van der Waals surface area contributed by atoms with Crippen LogP contribution in [0.2, 0.25) is 0 Å². The molecule has 1 atom stereocenters. The van der Waals surface area contributed by atoms with Crippen LogP contribution in [0.3, 0.4) is 0 Å². The zero-order chi connectivity index (χ0) is 12.7. The number of hydrogen-bond donors (Lipinski definition) is 1. The molecular weight excluding hydrogens is 282 g/mol. The lowest BCUT2D eigenvalue weighted by Gasteiger charge is -2.20. The molecule has 1 N–H and O–H groups in total. The predicted molar refractivity (Wildman–Crippen MR) is 74.6 cm³/mol. The molecule has 0 saturated carbocycles. The average Bonchev–Trinajstić information content (AvgIpc) is 3.14. The van der Waals surface area contributed by atoms with Gasteiger partial charge in [-0.15, -0.1) is 22.7 Å². The molecule has 0 radical (unpaired) electrons. The third-order valence-corrected chi connectivity index (χ3v) is 5.09. The van der Waals surface area contributed by atoms with Crippen molar-refractivity contribution in [3.8, 4) is 10.8 Å². The molecule has 0 aliphatic carbocycles. The summed E-state index contributed by atoms with van der Waals surface area (Å²) in [4.78, 5) is 5.47. The largest absolute Gasteiger partial charge is 0.367 e. The highest BCUT2D eigenvalue weighted by Crippen LogP contribution is 2.35. The highest BCUT2D eigenvalue weighted by Gasteiger charge is 2.22. The summed E-state index contributed by atoms with van der Waals surface area (Å²) in [6.45, 7) is 2.30. The van der Waals surface area contributed by atoms with Gasteiger partial charge in [-0.05, 0) is 17.5 Å². The average molecular weight is 293 g/mol. The van der Waals surface area contributed by atoms with Gasteiger partial charge in [-0.25, -0.2) is 0 Å². The second-order valence-electron chi connectivity index (χ2n) is 4.28. The Labute approximate surface area is 117 Å². The van der Waals surface area contributed by atoms with Crippen molar-refractivity contribution >= 4 is 32.1 Å². The van der Waals surface area contributed by atoms with Crippen molar-refractivity contribution in [2.24, 2.45) is 0 Å². The Kier molecular flexibility index (Phi) is 2.84. The fourth-order valence-corrected chi connectivity index (χ4v) is 4.10. The standard InChI is InChI=1S/C12H11N3O2S2/c1-4-18-9-5-10(19-8(1)9)12-14-11(15-17-12)7-6-13-2-3-16-7/h1,4-5,7,13H,2-3,6H2. The third kappa shape index (κ3) is 2.08. The molecule has 1 saturated heterocycles. The molecule has 7 heteroatoms. The number of thiophene rings is 2. The van der Waals surface area contributed by atoms with Crippen LogP contribution in [-0.2, 0) is 4.74 Å². The van der Waals surface area contributed by atoms with Crippen LogP contribution >= 0.6 is 22.7 Å². The smallest absolute Gasteiger partial charge is 0.268 e. The highest BCUT2D eigenvalue weighted by atomic mass is 32.1. The van der Waals surface area contributed by atoms with E-state index in [0.717, 1.165) is 18.0 Å². The minimum absolute atomic E-state index is 0.104. The summed E-state index contributed by atoms with van der Waals surface area (Å²) in [5.74, 6) is 1.21. The minimum atomic E-state index is -0.104. The van der Waals surface area contributed by atoms with E-state index in [2.05, 4.69) is 33.0 Å². The first-order valence-corrected chi connectivity index (χ1v) is 7.73. The predicted octanol–water partition coefficient (Wildman–Crippen LogP) is 2.67. The molecule has 1 fully saturated rings. The van der Waals surface area contributed by atoms with E-state index in [1.165, 1.54) is 9.40 Å². The molecule has 19 heavy (non-hydrogen) atoms. The van der Waals surface area contributed by atoms with Crippen molar-refractivity contribution in [1.29, 1.82) is 0 Å². The van der Waals surface area contributed by atoms with Crippen molar-refractivity contribution in [3.63, 3.8) is 0 Å². The molecule has 0 bridgehead atoms. The van der Waals surface area contributed by atoms with Gasteiger partial charge in [0.2, 0.25) is 5.82 Å². The first-order chi connectivity index (χ1) is 9.40. The monoisotopic (exact) mass is 293 g/mol. The van der Waals surface area contributed by atoms with Crippen molar-refractivity contribution in [2.75, 3.05) is 19.7 Å². The molecular formula is C12H11N3O2S2. The van der Waals surface area contributed by atoms with Gasteiger partial charge in [-0.2, -0.15) is 4.98 Å². The van der Waals surface area contributed by atoms with Gasteiger partial charge in [-0.1, -0.05) is 5.16 Å². The van der Waals surface area contributed by atoms with Crippen LogP contribution in [0.15, 0.2) is 22.0 Å². The summed E-state index contributed by atoms with van der Waals surface area (Å²) >= 11 is 3.40. The fourth-order valence-electron chi connectivity index (χ4n) is 2.07. The van der Waals surface area contributed by atoms with Gasteiger partial charge >= 0.3 is 0 Å². The van der Waals surface area contributed by atoms with Crippen molar-refractivity contribution in [2.45, 2.75) is 6.10 Å². The number of rotatable bonds is 2. The van der Waals surface area contributed by atoms with E-state index in [-0.39, 0.29) is 6.10 Å². The lowest BCUT2D eigenvalue weighted by molar-refractivity contribution is 0.0208. The van der Waals surface area contributed by atoms with Crippen molar-refractivity contribution < 1.29 is 9.26 Å². The van der Waals surface area contributed by atoms with E-state index in [1.54, 1.807) is 22.7 Å². The summed E-state index contributed by atoms with van der Waals surface area (Å²) in [5, 5.41) is 9.38. The van der Waals surface area contributed by atoms with Crippen molar-refractivity contribution in [3.05, 3.63) is 23.3 Å². The molecule has 3 aromatic heterocycles. The molecule has 0 spiro atoms. The van der Waals surface area contributed by atoms with Gasteiger partial charge in [0.25, 0.3) is 5.89 Å². The number of nitrogens with one attached hydrogen (secondary N) is 1. The Balaban J connectivity index is 1.64. The normalized spacial score (nSPS) is 20.1. The number of hydrogen-bond acceptors (Lipinski definition) is 7. The lowest BCUT2D eigenvalue weighted by Crippen LogP contribution is -2.33. The van der Waals surface area contributed by atoms with Crippen LogP contribution in [0.5, 0.6) is 0 Å². The van der Waals surface area contributed by atoms with Gasteiger partial charge in [0, 0.05) is 22.5 Å². The maximum atomic E-state index is 5.62. The Bertz CT molecular complexity index is 668. The minimum Gasteiger partial charge on any atom is -0.367 e. The molecule has 1 aliphatic heterocycles. The van der Waals surface area contributed by atoms with Gasteiger partial charge in [-0.3, -0.25) is 0 Å². The Morgan fingerprint density at radius 3 is 3.21 bits per heavy atom. The number of morpholine rings is 1. The molecule has 0 aromatic carbocycles. The van der Waals surface area contributed by atoms with E-state index in [9.17, 15) is 0 Å². The summed E-state index contributed by atoms with van der Waals surface area (Å²) in [5.41, 5.74) is 0. The summed E-state index contributed by atoms with van der Waals surface area (Å²) in [7, 11) is 0. The fraction of sp³-hybridized carbons (Fsp3) is 0.333. The highest BCUT2D eigenvalue weighted by molar-refractivity contribution is 7.28. The molecule has 1 aliphatic rings. The Hall–Kier alpha value is -1.28. The first kappa shape index (κ1) is 11.5. The maximum Gasteiger partial charge on any atom is 0.268 e. The zero-order valence-corrected chi connectivity index (χ0v) is 11.6. The van der Waals surface area contributed by atoms with Gasteiger partial charge in [0.05, 0.1) is 11.5 Å². The number of aromatic nitrogens is 2. The van der Waals surface area contributed by atoms with Crippen LogP contribution in [0, 0.1) is 0 Å². The van der Waals surface area contributed by atoms with Crippen LogP contribution in [0.1, 0.15) is 11.9 Å². The van der Waals surface area contributed by atoms with E-state index in [1.807, 2.05) is 0 Å². The van der Waals surface area contributed by atoms with Gasteiger partial charge in [0.15, 0.2) is 0 Å². The van der Waals surface area contributed by atoms with Crippen LogP contribution in [0.4, 0.5) is 0 Å². The zero-order valence-electron chi connectivity index (χ0n) is 9.96. The quantitative estimate of drug-likeness (QED) is 0.787. The molecule has 3 aromatic rings. The van der Waals surface area contributed by atoms with Crippen LogP contribution < -0.4 is 5.32 Å². The van der Waals surface area contributed by atoms with E-state index >= 15 is 0 Å². The van der Waals surface area contributed by atoms with Gasteiger partial charge < -0.3 is 14.6 Å². The molecule has 0 amide bonds. The number of fused-ring (bicyclic) bond motifs is 1. The molecule has 98 valence electrons. The number of nitrogens with zero attached hydrogens (tertiary/aromatic N) is 2. The van der Waals surface area contributed by atoms with E-state index in [4.69, 9.17) is 9.26 Å². The summed E-state index contributed by atoms with van der Waals surface area (Å²) < 4.78 is 13.5. The van der Waals surface area contributed by atoms with Crippen molar-refractivity contribution in [1.82, 2.24) is 15.5 Å². The Morgan fingerprint density at radius 1 is 1.37 bits per heavy atom. The summed E-state index contributed by atoms with van der Waals surface area (Å²) in [6.07, 6.45) is -0.104. The molecule has 1 unspecified atom stereocenters. The maximum absolute atomic E-state index is 5.62. The summed E-state index contributed by atoms with van der Waals surface area (Å²) in [6, 6.07) is 4.21. The second-order valence-corrected chi connectivity index (χ2v) is 6.31. The number of ether oxygens (including phenoxy) is 1. The lowest BCUT2D eigenvalue weighted by atomic mass is 10.3. The second kappa shape index (κ2) is 4.68. The Morgan fingerprint density at radius 2 is 2.37 bits per heavy atom. The molecule has 5 nitrogen and oxygen atoms in total. The topological polar surface area (TPSA) is 60.2 Å². The molecule has 4 rings (SSSR count). The van der Waals surface area contributed by atoms with Crippen LogP contribution in [-0.4, -0.2) is 29.8 Å². The van der Waals surface area contributed by atoms with Crippen LogP contribution in [0.25, 0.3) is 20.2 Å².